The summed E-state index contributed by atoms with van der Waals surface area (Å²) >= 11 is 0. The van der Waals surface area contributed by atoms with Crippen LogP contribution < -0.4 is 10.6 Å². The minimum atomic E-state index is -0.386. The van der Waals surface area contributed by atoms with Crippen molar-refractivity contribution in [3.63, 3.8) is 0 Å². The Morgan fingerprint density at radius 1 is 0.950 bits per heavy atom. The van der Waals surface area contributed by atoms with E-state index in [4.69, 9.17) is 0 Å². The lowest BCUT2D eigenvalue weighted by molar-refractivity contribution is 0.0935. The molecule has 0 aliphatic carbocycles. The van der Waals surface area contributed by atoms with Gasteiger partial charge in [0.2, 0.25) is 11.6 Å². The van der Waals surface area contributed by atoms with Gasteiger partial charge >= 0.3 is 0 Å². The van der Waals surface area contributed by atoms with Gasteiger partial charge in [-0.1, -0.05) is 26.7 Å². The van der Waals surface area contributed by atoms with E-state index in [-0.39, 0.29) is 23.5 Å². The molecule has 0 saturated carbocycles. The highest BCUT2D eigenvalue weighted by atomic mass is 16.2. The normalized spacial score (nSPS) is 10.1. The van der Waals surface area contributed by atoms with E-state index in [0.29, 0.717) is 13.1 Å². The predicted molar refractivity (Wildman–Crippen MR) is 74.3 cm³/mol. The average Bonchev–Trinajstić information content (AvgIpc) is 2.47. The van der Waals surface area contributed by atoms with Crippen molar-refractivity contribution in [1.29, 1.82) is 0 Å². The lowest BCUT2D eigenvalue weighted by Crippen LogP contribution is -2.30. The number of hydrogen-bond donors (Lipinski definition) is 2. The van der Waals surface area contributed by atoms with E-state index in [1.165, 1.54) is 6.33 Å². The summed E-state index contributed by atoms with van der Waals surface area (Å²) in [5, 5.41) is 5.39. The first-order chi connectivity index (χ1) is 9.69. The Morgan fingerprint density at radius 3 is 1.80 bits per heavy atom. The summed E-state index contributed by atoms with van der Waals surface area (Å²) in [6.07, 6.45) is 4.93. The molecule has 7 nitrogen and oxygen atoms in total. The molecule has 0 fully saturated rings. The van der Waals surface area contributed by atoms with Crippen LogP contribution in [0.3, 0.4) is 0 Å². The second-order valence-corrected chi connectivity index (χ2v) is 4.35. The fourth-order valence-electron chi connectivity index (χ4n) is 1.43. The maximum Gasteiger partial charge on any atom is 0.289 e. The summed E-state index contributed by atoms with van der Waals surface area (Å²) in [5.74, 6) is -0.833. The third-order valence-electron chi connectivity index (χ3n) is 2.61. The number of carbonyl (C=O) groups is 2. The number of unbranched alkanes of at least 4 members (excludes halogenated alkanes) is 2. The van der Waals surface area contributed by atoms with E-state index in [9.17, 15) is 9.59 Å². The van der Waals surface area contributed by atoms with Crippen LogP contribution in [0.2, 0.25) is 0 Å². The molecule has 0 unspecified atom stereocenters. The van der Waals surface area contributed by atoms with E-state index < -0.39 is 0 Å². The molecule has 1 aromatic heterocycles. The van der Waals surface area contributed by atoms with Crippen molar-refractivity contribution in [2.45, 2.75) is 39.5 Å². The van der Waals surface area contributed by atoms with Crippen molar-refractivity contribution in [3.05, 3.63) is 18.0 Å². The molecule has 2 N–H and O–H groups in total. The summed E-state index contributed by atoms with van der Waals surface area (Å²) in [6.45, 7) is 5.21. The molecule has 0 aliphatic rings. The van der Waals surface area contributed by atoms with Gasteiger partial charge in [-0.15, -0.1) is 0 Å². The molecular weight excluding hydrogens is 258 g/mol. The Hall–Kier alpha value is -2.05. The van der Waals surface area contributed by atoms with Crippen molar-refractivity contribution in [1.82, 2.24) is 25.6 Å². The average molecular weight is 279 g/mol. The molecule has 0 saturated heterocycles. The molecule has 0 atom stereocenters. The smallest absolute Gasteiger partial charge is 0.289 e. The first kappa shape index (κ1) is 16.0. The zero-order valence-corrected chi connectivity index (χ0v) is 12.0. The summed E-state index contributed by atoms with van der Waals surface area (Å²) in [4.78, 5) is 35.0. The molecule has 0 aliphatic heterocycles. The highest BCUT2D eigenvalue weighted by Crippen LogP contribution is 1.94. The zero-order chi connectivity index (χ0) is 14.8. The van der Waals surface area contributed by atoms with Gasteiger partial charge < -0.3 is 10.6 Å². The Labute approximate surface area is 118 Å². The van der Waals surface area contributed by atoms with E-state index in [0.717, 1.165) is 25.7 Å². The van der Waals surface area contributed by atoms with Crippen LogP contribution >= 0.6 is 0 Å². The fourth-order valence-corrected chi connectivity index (χ4v) is 1.43. The number of nitrogens with one attached hydrogen (secondary N) is 2. The van der Waals surface area contributed by atoms with Gasteiger partial charge in [-0.3, -0.25) is 9.59 Å². The largest absolute Gasteiger partial charge is 0.349 e. The van der Waals surface area contributed by atoms with Crippen LogP contribution in [0.4, 0.5) is 0 Å². The van der Waals surface area contributed by atoms with Crippen LogP contribution in [0.25, 0.3) is 0 Å². The first-order valence-corrected chi connectivity index (χ1v) is 6.94. The van der Waals surface area contributed by atoms with Crippen LogP contribution in [-0.4, -0.2) is 39.9 Å². The highest BCUT2D eigenvalue weighted by Gasteiger charge is 2.14. The molecule has 2 amide bonds. The Bertz CT molecular complexity index is 413. The standard InChI is InChI=1S/C13H21N5O2/c1-3-5-7-14-12(19)10-16-9-17-11(18-10)13(20)15-8-6-4-2/h9H,3-8H2,1-2H3,(H,14,19)(H,15,20). The number of aromatic nitrogens is 3. The predicted octanol–water partition coefficient (Wildman–Crippen LogP) is 0.931. The summed E-state index contributed by atoms with van der Waals surface area (Å²) in [7, 11) is 0. The number of rotatable bonds is 8. The third kappa shape index (κ3) is 5.29. The summed E-state index contributed by atoms with van der Waals surface area (Å²) in [6, 6.07) is 0. The SMILES string of the molecule is CCCCNC(=O)c1ncnc(C(=O)NCCCC)n1. The molecule has 7 heteroatoms. The van der Waals surface area contributed by atoms with Gasteiger partial charge in [0.05, 0.1) is 0 Å². The lowest BCUT2D eigenvalue weighted by Gasteiger charge is -2.05. The van der Waals surface area contributed by atoms with Crippen LogP contribution in [0.1, 0.15) is 60.8 Å². The highest BCUT2D eigenvalue weighted by molar-refractivity contribution is 5.93. The minimum Gasteiger partial charge on any atom is -0.349 e. The monoisotopic (exact) mass is 279 g/mol. The van der Waals surface area contributed by atoms with Crippen molar-refractivity contribution in [3.8, 4) is 0 Å². The molecule has 20 heavy (non-hydrogen) atoms. The minimum absolute atomic E-state index is 0.0308. The molecular formula is C13H21N5O2. The van der Waals surface area contributed by atoms with E-state index in [2.05, 4.69) is 25.6 Å². The molecule has 1 heterocycles. The van der Waals surface area contributed by atoms with Gasteiger partial charge in [0.25, 0.3) is 11.8 Å². The summed E-state index contributed by atoms with van der Waals surface area (Å²) in [5.41, 5.74) is 0. The quantitative estimate of drug-likeness (QED) is 0.690. The van der Waals surface area contributed by atoms with Gasteiger partial charge in [0.1, 0.15) is 6.33 Å². The van der Waals surface area contributed by atoms with Gasteiger partial charge in [0, 0.05) is 13.1 Å². The van der Waals surface area contributed by atoms with Crippen molar-refractivity contribution >= 4 is 11.8 Å². The zero-order valence-electron chi connectivity index (χ0n) is 12.0. The number of carbonyl (C=O) groups excluding carboxylic acids is 2. The van der Waals surface area contributed by atoms with Crippen LogP contribution in [0.5, 0.6) is 0 Å². The second kappa shape index (κ2) is 8.95. The van der Waals surface area contributed by atoms with E-state index in [1.54, 1.807) is 0 Å². The molecule has 1 aromatic rings. The number of amides is 2. The van der Waals surface area contributed by atoms with Crippen LogP contribution in [0, 0.1) is 0 Å². The van der Waals surface area contributed by atoms with Gasteiger partial charge in [-0.05, 0) is 12.8 Å². The van der Waals surface area contributed by atoms with Gasteiger partial charge in [-0.25, -0.2) is 9.97 Å². The fraction of sp³-hybridized carbons (Fsp3) is 0.615. The van der Waals surface area contributed by atoms with Crippen molar-refractivity contribution in [2.24, 2.45) is 0 Å². The Balaban J connectivity index is 2.60. The first-order valence-electron chi connectivity index (χ1n) is 6.94. The van der Waals surface area contributed by atoms with Crippen molar-refractivity contribution in [2.75, 3.05) is 13.1 Å². The molecule has 0 spiro atoms. The molecule has 110 valence electrons. The molecule has 0 aromatic carbocycles. The van der Waals surface area contributed by atoms with Crippen molar-refractivity contribution < 1.29 is 9.59 Å². The number of hydrogen-bond acceptors (Lipinski definition) is 5. The van der Waals surface area contributed by atoms with Crippen LogP contribution in [-0.2, 0) is 0 Å². The molecule has 0 bridgehead atoms. The van der Waals surface area contributed by atoms with Crippen LogP contribution in [0.15, 0.2) is 6.33 Å². The maximum atomic E-state index is 11.8. The lowest BCUT2D eigenvalue weighted by atomic mass is 10.3. The van der Waals surface area contributed by atoms with E-state index in [1.807, 2.05) is 13.8 Å². The third-order valence-corrected chi connectivity index (χ3v) is 2.61. The second-order valence-electron chi connectivity index (χ2n) is 4.35. The Morgan fingerprint density at radius 2 is 1.40 bits per heavy atom. The number of nitrogens with zero attached hydrogens (tertiary/aromatic N) is 3. The van der Waals surface area contributed by atoms with E-state index >= 15 is 0 Å². The molecule has 0 radical (unpaired) electrons. The molecule has 1 rings (SSSR count). The topological polar surface area (TPSA) is 96.9 Å². The summed E-state index contributed by atoms with van der Waals surface area (Å²) < 4.78 is 0. The maximum absolute atomic E-state index is 11.8. The van der Waals surface area contributed by atoms with Gasteiger partial charge in [0.15, 0.2) is 0 Å². The Kier molecular flexibility index (Phi) is 7.16. The van der Waals surface area contributed by atoms with Gasteiger partial charge in [-0.2, -0.15) is 4.98 Å².